The first-order valence-electron chi connectivity index (χ1n) is 11.9. The van der Waals surface area contributed by atoms with E-state index in [9.17, 15) is 4.79 Å². The number of rotatable bonds is 5. The molecule has 2 unspecified atom stereocenters. The lowest BCUT2D eigenvalue weighted by atomic mass is 9.78. The zero-order chi connectivity index (χ0) is 25.4. The number of halogens is 1. The van der Waals surface area contributed by atoms with Gasteiger partial charge < -0.3 is 24.8 Å². The van der Waals surface area contributed by atoms with Gasteiger partial charge >= 0.3 is 0 Å². The summed E-state index contributed by atoms with van der Waals surface area (Å²) in [6.45, 7) is 2.06. The highest BCUT2D eigenvalue weighted by Gasteiger charge is 2.36. The number of para-hydroxylation sites is 2. The van der Waals surface area contributed by atoms with Gasteiger partial charge in [0.2, 0.25) is 5.75 Å². The number of anilines is 2. The van der Waals surface area contributed by atoms with Gasteiger partial charge in [-0.3, -0.25) is 4.79 Å². The van der Waals surface area contributed by atoms with E-state index in [1.54, 1.807) is 21.3 Å². The number of fused-ring (bicyclic) bond motifs is 1. The Labute approximate surface area is 219 Å². The minimum absolute atomic E-state index is 0.0341. The van der Waals surface area contributed by atoms with E-state index in [4.69, 9.17) is 14.2 Å². The van der Waals surface area contributed by atoms with Gasteiger partial charge in [0, 0.05) is 22.2 Å². The number of allylic oxidation sites excluding steroid dienone is 1. The smallest absolute Gasteiger partial charge is 0.203 e. The molecular weight excluding hydrogens is 520 g/mol. The summed E-state index contributed by atoms with van der Waals surface area (Å²) in [6, 6.07) is 18.0. The van der Waals surface area contributed by atoms with Crippen LogP contribution in [0.25, 0.3) is 0 Å². The van der Waals surface area contributed by atoms with E-state index in [1.807, 2.05) is 36.4 Å². The highest BCUT2D eigenvalue weighted by molar-refractivity contribution is 9.10. The van der Waals surface area contributed by atoms with Crippen LogP contribution in [0.3, 0.4) is 0 Å². The molecule has 3 aromatic rings. The molecule has 0 aromatic heterocycles. The van der Waals surface area contributed by atoms with Gasteiger partial charge in [0.05, 0.1) is 38.7 Å². The van der Waals surface area contributed by atoms with Crippen LogP contribution >= 0.6 is 15.9 Å². The summed E-state index contributed by atoms with van der Waals surface area (Å²) < 4.78 is 17.7. The van der Waals surface area contributed by atoms with Gasteiger partial charge in [-0.1, -0.05) is 40.2 Å². The van der Waals surface area contributed by atoms with Gasteiger partial charge in [0.1, 0.15) is 0 Å². The summed E-state index contributed by atoms with van der Waals surface area (Å²) in [6.07, 6.45) is 1.07. The first-order valence-corrected chi connectivity index (χ1v) is 12.7. The van der Waals surface area contributed by atoms with Crippen LogP contribution in [0.15, 0.2) is 70.3 Å². The van der Waals surface area contributed by atoms with E-state index in [2.05, 4.69) is 51.7 Å². The van der Waals surface area contributed by atoms with Crippen LogP contribution in [0, 0.1) is 6.92 Å². The number of ether oxygens (including phenoxy) is 3. The third-order valence-electron chi connectivity index (χ3n) is 7.00. The maximum absolute atomic E-state index is 13.8. The summed E-state index contributed by atoms with van der Waals surface area (Å²) in [4.78, 5) is 13.8. The molecule has 1 heterocycles. The van der Waals surface area contributed by atoms with Crippen molar-refractivity contribution in [3.63, 3.8) is 0 Å². The van der Waals surface area contributed by atoms with Crippen molar-refractivity contribution in [1.82, 2.24) is 0 Å². The molecule has 0 amide bonds. The molecular formula is C29H29BrN2O4. The van der Waals surface area contributed by atoms with Crippen molar-refractivity contribution < 1.29 is 19.0 Å². The Morgan fingerprint density at radius 1 is 0.861 bits per heavy atom. The number of ketones is 1. The Morgan fingerprint density at radius 2 is 1.56 bits per heavy atom. The fourth-order valence-electron chi connectivity index (χ4n) is 5.10. The van der Waals surface area contributed by atoms with E-state index < -0.39 is 0 Å². The summed E-state index contributed by atoms with van der Waals surface area (Å²) in [5.74, 6) is 1.80. The van der Waals surface area contributed by atoms with Crippen LogP contribution in [-0.4, -0.2) is 27.1 Å². The van der Waals surface area contributed by atoms with Crippen molar-refractivity contribution in [2.75, 3.05) is 32.0 Å². The van der Waals surface area contributed by atoms with Crippen molar-refractivity contribution in [2.45, 2.75) is 31.7 Å². The summed E-state index contributed by atoms with van der Waals surface area (Å²) in [5.41, 5.74) is 6.81. The molecule has 0 fully saturated rings. The fraction of sp³-hybridized carbons (Fsp3) is 0.276. The van der Waals surface area contributed by atoms with Gasteiger partial charge in [-0.2, -0.15) is 0 Å². The topological polar surface area (TPSA) is 68.8 Å². The molecule has 6 nitrogen and oxygen atoms in total. The maximum atomic E-state index is 13.8. The molecule has 2 atom stereocenters. The summed E-state index contributed by atoms with van der Waals surface area (Å²) >= 11 is 3.67. The number of benzene rings is 3. The average molecular weight is 549 g/mol. The van der Waals surface area contributed by atoms with Crippen molar-refractivity contribution >= 4 is 33.1 Å². The number of aryl methyl sites for hydroxylation is 1. The SMILES string of the molecule is COc1cc(C2CC(=O)C3=C(C2)Nc2ccccc2NC3c2ccc(C)c(Br)c2)cc(OC)c1OC. The molecule has 0 radical (unpaired) electrons. The number of Topliss-reactive ketones (excluding diaryl/α,β-unsaturated/α-hetero) is 1. The van der Waals surface area contributed by atoms with E-state index in [-0.39, 0.29) is 17.7 Å². The van der Waals surface area contributed by atoms with Gasteiger partial charge in [-0.15, -0.1) is 0 Å². The van der Waals surface area contributed by atoms with Gasteiger partial charge in [0.25, 0.3) is 0 Å². The van der Waals surface area contributed by atoms with E-state index in [0.717, 1.165) is 43.8 Å². The monoisotopic (exact) mass is 548 g/mol. The number of hydrogen-bond acceptors (Lipinski definition) is 6. The van der Waals surface area contributed by atoms with Crippen LogP contribution in [-0.2, 0) is 4.79 Å². The third-order valence-corrected chi connectivity index (χ3v) is 7.85. The van der Waals surface area contributed by atoms with Crippen LogP contribution in [0.2, 0.25) is 0 Å². The highest BCUT2D eigenvalue weighted by atomic mass is 79.9. The largest absolute Gasteiger partial charge is 0.493 e. The van der Waals surface area contributed by atoms with E-state index in [0.29, 0.717) is 30.1 Å². The number of methoxy groups -OCH3 is 3. The van der Waals surface area contributed by atoms with Crippen molar-refractivity contribution in [2.24, 2.45) is 0 Å². The Kier molecular flexibility index (Phi) is 6.67. The second kappa shape index (κ2) is 9.90. The number of nitrogens with one attached hydrogen (secondary N) is 2. The highest BCUT2D eigenvalue weighted by Crippen LogP contribution is 2.47. The molecule has 0 spiro atoms. The number of carbonyl (C=O) groups is 1. The van der Waals surface area contributed by atoms with E-state index >= 15 is 0 Å². The maximum Gasteiger partial charge on any atom is 0.203 e. The number of carbonyl (C=O) groups excluding carboxylic acids is 1. The molecule has 1 aliphatic carbocycles. The van der Waals surface area contributed by atoms with Gasteiger partial charge in [-0.25, -0.2) is 0 Å². The first kappa shape index (κ1) is 24.3. The zero-order valence-corrected chi connectivity index (χ0v) is 22.4. The van der Waals surface area contributed by atoms with Gasteiger partial charge in [-0.05, 0) is 66.3 Å². The number of hydrogen-bond donors (Lipinski definition) is 2. The Hall–Kier alpha value is -3.45. The molecule has 5 rings (SSSR count). The van der Waals surface area contributed by atoms with Gasteiger partial charge in [0.15, 0.2) is 17.3 Å². The second-order valence-corrected chi connectivity index (χ2v) is 9.99. The van der Waals surface area contributed by atoms with Crippen molar-refractivity contribution in [3.8, 4) is 17.2 Å². The molecule has 2 N–H and O–H groups in total. The molecule has 7 heteroatoms. The second-order valence-electron chi connectivity index (χ2n) is 9.14. The van der Waals surface area contributed by atoms with Crippen LogP contribution in [0.5, 0.6) is 17.2 Å². The lowest BCUT2D eigenvalue weighted by molar-refractivity contribution is -0.116. The van der Waals surface area contributed by atoms with Crippen molar-refractivity contribution in [3.05, 3.63) is 87.0 Å². The van der Waals surface area contributed by atoms with Crippen molar-refractivity contribution in [1.29, 1.82) is 0 Å². The average Bonchev–Trinajstić information content (AvgIpc) is 3.06. The fourth-order valence-corrected chi connectivity index (χ4v) is 5.50. The molecule has 186 valence electrons. The normalized spacial score (nSPS) is 18.9. The lowest BCUT2D eigenvalue weighted by Gasteiger charge is -2.30. The summed E-state index contributed by atoms with van der Waals surface area (Å²) in [5, 5.41) is 7.23. The quantitative estimate of drug-likeness (QED) is 0.367. The Morgan fingerprint density at radius 3 is 2.19 bits per heavy atom. The summed E-state index contributed by atoms with van der Waals surface area (Å²) in [7, 11) is 4.80. The molecule has 1 aliphatic heterocycles. The minimum Gasteiger partial charge on any atom is -0.493 e. The molecule has 36 heavy (non-hydrogen) atoms. The minimum atomic E-state index is -0.263. The van der Waals surface area contributed by atoms with Crippen LogP contribution in [0.4, 0.5) is 11.4 Å². The third kappa shape index (κ3) is 4.32. The molecule has 3 aromatic carbocycles. The van der Waals surface area contributed by atoms with Crippen LogP contribution < -0.4 is 24.8 Å². The molecule has 2 aliphatic rings. The lowest BCUT2D eigenvalue weighted by Crippen LogP contribution is -2.27. The van der Waals surface area contributed by atoms with Crippen LogP contribution in [0.1, 0.15) is 41.5 Å². The predicted molar refractivity (Wildman–Crippen MR) is 145 cm³/mol. The predicted octanol–water partition coefficient (Wildman–Crippen LogP) is 6.76. The standard InChI is InChI=1S/C29H29BrN2O4/c1-16-9-10-17(11-20(16)30)28-27-23(31-21-7-5-6-8-22(21)32-28)12-18(13-24(27)33)19-14-25(34-2)29(36-4)26(15-19)35-3/h5-11,14-15,18,28,31-32H,12-13H2,1-4H3. The molecule has 0 saturated carbocycles. The molecule has 0 bridgehead atoms. The Bertz CT molecular complexity index is 1340. The zero-order valence-electron chi connectivity index (χ0n) is 20.8. The molecule has 0 saturated heterocycles. The Balaban J connectivity index is 1.60. The first-order chi connectivity index (χ1) is 17.4. The van der Waals surface area contributed by atoms with E-state index in [1.165, 1.54) is 0 Å².